The highest BCUT2D eigenvalue weighted by atomic mass is 32.2. The third kappa shape index (κ3) is 3.93. The van der Waals surface area contributed by atoms with Crippen molar-refractivity contribution in [3.05, 3.63) is 75.1 Å². The number of hydrogen-bond donors (Lipinski definition) is 2. The lowest BCUT2D eigenvalue weighted by atomic mass is 10.1. The SMILES string of the molecule is Cc1cc(C)c(NS(=O)(=O)c2cc(-c3ccc(=O)[nH]n3)ccc2C)c(C)c1. The molecular formula is C20H21N3O3S. The minimum absolute atomic E-state index is 0.173. The van der Waals surface area contributed by atoms with Crippen LogP contribution in [0.4, 0.5) is 5.69 Å². The molecule has 0 spiro atoms. The quantitative estimate of drug-likeness (QED) is 0.721. The predicted octanol–water partition coefficient (Wildman–Crippen LogP) is 3.47. The standard InChI is InChI=1S/C20H21N3O3S/c1-12-9-14(3)20(15(4)10-12)23-27(25,26)18-11-16(6-5-13(18)2)17-7-8-19(24)22-21-17/h5-11,23H,1-4H3,(H,22,24). The Kier molecular flexibility index (Phi) is 4.89. The van der Waals surface area contributed by atoms with Crippen molar-refractivity contribution in [2.75, 3.05) is 4.72 Å². The van der Waals surface area contributed by atoms with Gasteiger partial charge in [0, 0.05) is 11.6 Å². The third-order valence-electron chi connectivity index (χ3n) is 4.37. The van der Waals surface area contributed by atoms with E-state index < -0.39 is 10.0 Å². The van der Waals surface area contributed by atoms with Crippen LogP contribution in [0.3, 0.4) is 0 Å². The molecule has 140 valence electrons. The second-order valence-corrected chi connectivity index (χ2v) is 8.32. The van der Waals surface area contributed by atoms with Gasteiger partial charge >= 0.3 is 0 Å². The molecule has 7 heteroatoms. The summed E-state index contributed by atoms with van der Waals surface area (Å²) in [7, 11) is -3.79. The third-order valence-corrected chi connectivity index (χ3v) is 5.86. The maximum absolute atomic E-state index is 13.1. The first-order valence-corrected chi connectivity index (χ1v) is 9.93. The first-order chi connectivity index (χ1) is 12.7. The van der Waals surface area contributed by atoms with Crippen LogP contribution < -0.4 is 10.3 Å². The van der Waals surface area contributed by atoms with Crippen LogP contribution in [-0.4, -0.2) is 18.6 Å². The van der Waals surface area contributed by atoms with E-state index in [9.17, 15) is 13.2 Å². The van der Waals surface area contributed by atoms with E-state index in [1.807, 2.05) is 32.9 Å². The van der Waals surface area contributed by atoms with Crippen LogP contribution in [0.1, 0.15) is 22.3 Å². The predicted molar refractivity (Wildman–Crippen MR) is 106 cm³/mol. The van der Waals surface area contributed by atoms with Gasteiger partial charge in [0.25, 0.3) is 15.6 Å². The second kappa shape index (κ2) is 7.00. The van der Waals surface area contributed by atoms with Crippen molar-refractivity contribution in [2.45, 2.75) is 32.6 Å². The number of aryl methyl sites for hydroxylation is 4. The molecule has 0 aliphatic carbocycles. The van der Waals surface area contributed by atoms with Crippen molar-refractivity contribution in [1.29, 1.82) is 0 Å². The molecular weight excluding hydrogens is 362 g/mol. The Hall–Kier alpha value is -2.93. The second-order valence-electron chi connectivity index (χ2n) is 6.67. The number of H-pyrrole nitrogens is 1. The molecule has 0 saturated heterocycles. The van der Waals surface area contributed by atoms with Gasteiger partial charge in [-0.2, -0.15) is 5.10 Å². The van der Waals surface area contributed by atoms with E-state index in [0.29, 0.717) is 22.5 Å². The summed E-state index contributed by atoms with van der Waals surface area (Å²) in [5.74, 6) is 0. The van der Waals surface area contributed by atoms with Gasteiger partial charge in [-0.05, 0) is 56.5 Å². The smallest absolute Gasteiger partial charge is 0.264 e. The van der Waals surface area contributed by atoms with Gasteiger partial charge in [-0.3, -0.25) is 9.52 Å². The average molecular weight is 383 g/mol. The fourth-order valence-corrected chi connectivity index (χ4v) is 4.56. The van der Waals surface area contributed by atoms with Gasteiger partial charge in [0.2, 0.25) is 0 Å². The van der Waals surface area contributed by atoms with Gasteiger partial charge < -0.3 is 0 Å². The number of rotatable bonds is 4. The van der Waals surface area contributed by atoms with E-state index in [1.54, 1.807) is 31.2 Å². The van der Waals surface area contributed by atoms with Crippen LogP contribution >= 0.6 is 0 Å². The molecule has 1 heterocycles. The molecule has 0 aliphatic heterocycles. The number of nitrogens with zero attached hydrogens (tertiary/aromatic N) is 1. The zero-order chi connectivity index (χ0) is 19.8. The minimum atomic E-state index is -3.79. The first kappa shape index (κ1) is 18.8. The van der Waals surface area contributed by atoms with Crippen LogP contribution in [0.15, 0.2) is 52.2 Å². The van der Waals surface area contributed by atoms with Crippen molar-refractivity contribution in [1.82, 2.24) is 10.2 Å². The number of benzene rings is 2. The van der Waals surface area contributed by atoms with Crippen LogP contribution in [-0.2, 0) is 10.0 Å². The van der Waals surface area contributed by atoms with Crippen molar-refractivity contribution < 1.29 is 8.42 Å². The lowest BCUT2D eigenvalue weighted by Gasteiger charge is -2.16. The summed E-state index contributed by atoms with van der Waals surface area (Å²) in [6.45, 7) is 7.48. The molecule has 0 unspecified atom stereocenters. The summed E-state index contributed by atoms with van der Waals surface area (Å²) >= 11 is 0. The molecule has 0 fully saturated rings. The molecule has 0 radical (unpaired) electrons. The Balaban J connectivity index is 2.06. The van der Waals surface area contributed by atoms with E-state index >= 15 is 0 Å². The van der Waals surface area contributed by atoms with Crippen LogP contribution in [0.25, 0.3) is 11.3 Å². The fraction of sp³-hybridized carbons (Fsp3) is 0.200. The van der Waals surface area contributed by atoms with Crippen LogP contribution in [0.2, 0.25) is 0 Å². The van der Waals surface area contributed by atoms with E-state index in [4.69, 9.17) is 0 Å². The molecule has 6 nitrogen and oxygen atoms in total. The van der Waals surface area contributed by atoms with E-state index in [2.05, 4.69) is 14.9 Å². The Labute approximate surface area is 158 Å². The Morgan fingerprint density at radius 2 is 1.56 bits per heavy atom. The van der Waals surface area contributed by atoms with Crippen molar-refractivity contribution in [3.8, 4) is 11.3 Å². The normalized spacial score (nSPS) is 11.4. The first-order valence-electron chi connectivity index (χ1n) is 8.45. The Morgan fingerprint density at radius 1 is 0.889 bits per heavy atom. The lowest BCUT2D eigenvalue weighted by Crippen LogP contribution is -2.16. The van der Waals surface area contributed by atoms with Gasteiger partial charge in [0.1, 0.15) is 0 Å². The van der Waals surface area contributed by atoms with Gasteiger partial charge in [0.05, 0.1) is 16.3 Å². The molecule has 0 atom stereocenters. The number of nitrogens with one attached hydrogen (secondary N) is 2. The molecule has 1 aromatic heterocycles. The molecule has 0 amide bonds. The maximum Gasteiger partial charge on any atom is 0.264 e. The highest BCUT2D eigenvalue weighted by molar-refractivity contribution is 7.92. The zero-order valence-electron chi connectivity index (χ0n) is 15.6. The summed E-state index contributed by atoms with van der Waals surface area (Å²) < 4.78 is 28.8. The summed E-state index contributed by atoms with van der Waals surface area (Å²) in [5.41, 5.74) is 4.81. The fourth-order valence-electron chi connectivity index (χ4n) is 3.08. The van der Waals surface area contributed by atoms with Gasteiger partial charge in [0.15, 0.2) is 0 Å². The maximum atomic E-state index is 13.1. The zero-order valence-corrected chi connectivity index (χ0v) is 16.4. The van der Waals surface area contributed by atoms with Crippen LogP contribution in [0, 0.1) is 27.7 Å². The monoisotopic (exact) mass is 383 g/mol. The largest absolute Gasteiger partial charge is 0.279 e. The summed E-state index contributed by atoms with van der Waals surface area (Å²) in [5, 5.41) is 6.33. The molecule has 3 aromatic rings. The Bertz CT molecular complexity index is 1140. The number of aromatic nitrogens is 2. The molecule has 27 heavy (non-hydrogen) atoms. The number of anilines is 1. The highest BCUT2D eigenvalue weighted by Crippen LogP contribution is 2.28. The minimum Gasteiger partial charge on any atom is -0.279 e. The van der Waals surface area contributed by atoms with E-state index in [1.165, 1.54) is 6.07 Å². The van der Waals surface area contributed by atoms with Gasteiger partial charge in [-0.1, -0.05) is 29.8 Å². The van der Waals surface area contributed by atoms with E-state index in [-0.39, 0.29) is 10.5 Å². The van der Waals surface area contributed by atoms with Gasteiger partial charge in [-0.25, -0.2) is 13.5 Å². The topological polar surface area (TPSA) is 91.9 Å². The summed E-state index contributed by atoms with van der Waals surface area (Å²) in [6, 6.07) is 11.9. The molecule has 0 bridgehead atoms. The van der Waals surface area contributed by atoms with Crippen molar-refractivity contribution >= 4 is 15.7 Å². The van der Waals surface area contributed by atoms with Crippen molar-refractivity contribution in [3.63, 3.8) is 0 Å². The highest BCUT2D eigenvalue weighted by Gasteiger charge is 2.20. The average Bonchev–Trinajstić information content (AvgIpc) is 2.59. The number of aromatic amines is 1. The van der Waals surface area contributed by atoms with Crippen LogP contribution in [0.5, 0.6) is 0 Å². The Morgan fingerprint density at radius 3 is 2.15 bits per heavy atom. The molecule has 2 N–H and O–H groups in total. The van der Waals surface area contributed by atoms with Crippen molar-refractivity contribution in [2.24, 2.45) is 0 Å². The lowest BCUT2D eigenvalue weighted by molar-refractivity contribution is 0.600. The summed E-state index contributed by atoms with van der Waals surface area (Å²) in [4.78, 5) is 11.4. The number of sulfonamides is 1. The van der Waals surface area contributed by atoms with Gasteiger partial charge in [-0.15, -0.1) is 0 Å². The molecule has 0 aliphatic rings. The molecule has 0 saturated carbocycles. The van der Waals surface area contributed by atoms with E-state index in [0.717, 1.165) is 16.7 Å². The molecule has 3 rings (SSSR count). The summed E-state index contributed by atoms with van der Waals surface area (Å²) in [6.07, 6.45) is 0. The molecule has 2 aromatic carbocycles. The number of hydrogen-bond acceptors (Lipinski definition) is 4.